The molecule has 0 amide bonds. The highest BCUT2D eigenvalue weighted by molar-refractivity contribution is 7.99. The Balaban J connectivity index is 2.82. The Kier molecular flexibility index (Phi) is 3.63. The molecule has 0 aromatic carbocycles. The van der Waals surface area contributed by atoms with Gasteiger partial charge >= 0.3 is 0 Å². The average Bonchev–Trinajstić information content (AvgIpc) is 2.07. The van der Waals surface area contributed by atoms with Crippen molar-refractivity contribution in [2.45, 2.75) is 11.8 Å². The lowest BCUT2D eigenvalue weighted by Gasteiger charge is -2.02. The van der Waals surface area contributed by atoms with Crippen LogP contribution in [0.5, 0.6) is 0 Å². The number of halogens is 1. The zero-order chi connectivity index (χ0) is 8.97. The summed E-state index contributed by atoms with van der Waals surface area (Å²) in [4.78, 5) is 5.15. The molecule has 0 aliphatic carbocycles. The highest BCUT2D eigenvalue weighted by atomic mass is 35.5. The minimum absolute atomic E-state index is 0.548. The van der Waals surface area contributed by atoms with Gasteiger partial charge in [-0.3, -0.25) is 0 Å². The molecule has 1 aromatic rings. The molecule has 0 saturated carbocycles. The van der Waals surface area contributed by atoms with E-state index >= 15 is 0 Å². The quantitative estimate of drug-likeness (QED) is 0.421. The second kappa shape index (κ2) is 4.53. The van der Waals surface area contributed by atoms with Crippen LogP contribution in [0.25, 0.3) is 0 Å². The van der Waals surface area contributed by atoms with Crippen LogP contribution in [0.15, 0.2) is 29.8 Å². The van der Waals surface area contributed by atoms with Gasteiger partial charge in [0.15, 0.2) is 0 Å². The van der Waals surface area contributed by atoms with Crippen LogP contribution in [-0.2, 0) is 0 Å². The Labute approximate surface area is 81.8 Å². The van der Waals surface area contributed by atoms with Crippen molar-refractivity contribution in [2.24, 2.45) is 0 Å². The van der Waals surface area contributed by atoms with Crippen molar-refractivity contribution in [3.05, 3.63) is 35.6 Å². The summed E-state index contributed by atoms with van der Waals surface area (Å²) in [6.07, 6.45) is 3.66. The van der Waals surface area contributed by atoms with E-state index in [2.05, 4.69) is 11.6 Å². The Morgan fingerprint density at radius 2 is 2.50 bits per heavy atom. The van der Waals surface area contributed by atoms with Gasteiger partial charge in [-0.15, -0.1) is 18.3 Å². The smallest absolute Gasteiger partial charge is 0.130 e. The van der Waals surface area contributed by atoms with Gasteiger partial charge in [0.2, 0.25) is 0 Å². The molecule has 1 nitrogen and oxygen atoms in total. The van der Waals surface area contributed by atoms with Crippen LogP contribution >= 0.6 is 23.4 Å². The number of aromatic nitrogens is 1. The van der Waals surface area contributed by atoms with E-state index in [4.69, 9.17) is 11.6 Å². The third kappa shape index (κ3) is 2.54. The summed E-state index contributed by atoms with van der Waals surface area (Å²) in [5.41, 5.74) is 1.16. The molecule has 1 aromatic heterocycles. The predicted molar refractivity (Wildman–Crippen MR) is 54.9 cm³/mol. The molecule has 0 bridgehead atoms. The van der Waals surface area contributed by atoms with Gasteiger partial charge in [0, 0.05) is 16.8 Å². The molecule has 0 atom stereocenters. The Morgan fingerprint density at radius 3 is 3.17 bits per heavy atom. The monoisotopic (exact) mass is 199 g/mol. The van der Waals surface area contributed by atoms with Gasteiger partial charge in [0.05, 0.1) is 0 Å². The second-order valence-corrected chi connectivity index (χ2v) is 3.82. The van der Waals surface area contributed by atoms with E-state index in [9.17, 15) is 0 Å². The highest BCUT2D eigenvalue weighted by Gasteiger charge is 1.99. The van der Waals surface area contributed by atoms with E-state index in [1.807, 2.05) is 19.1 Å². The lowest BCUT2D eigenvalue weighted by Crippen LogP contribution is -1.83. The van der Waals surface area contributed by atoms with Gasteiger partial charge in [-0.05, 0) is 18.6 Å². The lowest BCUT2D eigenvalue weighted by atomic mass is 10.3. The summed E-state index contributed by atoms with van der Waals surface area (Å²) in [6.45, 7) is 5.68. The van der Waals surface area contributed by atoms with Crippen molar-refractivity contribution in [1.29, 1.82) is 0 Å². The number of pyridine rings is 1. The summed E-state index contributed by atoms with van der Waals surface area (Å²) in [5.74, 6) is 0.904. The molecule has 0 aliphatic rings. The molecule has 12 heavy (non-hydrogen) atoms. The summed E-state index contributed by atoms with van der Waals surface area (Å²) in [7, 11) is 0. The molecule has 0 radical (unpaired) electrons. The van der Waals surface area contributed by atoms with Crippen molar-refractivity contribution in [3.8, 4) is 0 Å². The fraction of sp³-hybridized carbons (Fsp3) is 0.222. The molecule has 0 fully saturated rings. The molecule has 0 aliphatic heterocycles. The third-order valence-corrected chi connectivity index (χ3v) is 2.74. The van der Waals surface area contributed by atoms with Crippen LogP contribution in [0.3, 0.4) is 0 Å². The number of thioether (sulfide) groups is 1. The lowest BCUT2D eigenvalue weighted by molar-refractivity contribution is 1.18. The van der Waals surface area contributed by atoms with Crippen molar-refractivity contribution >= 4 is 23.4 Å². The SMILES string of the molecule is C=CCSc1cc(Cl)ncc1C. The standard InChI is InChI=1S/C9H10ClNS/c1-3-4-12-8-5-9(10)11-6-7(8)2/h3,5-6H,1,4H2,2H3. The first kappa shape index (κ1) is 9.62. The maximum Gasteiger partial charge on any atom is 0.130 e. The zero-order valence-corrected chi connectivity index (χ0v) is 8.45. The van der Waals surface area contributed by atoms with E-state index in [0.717, 1.165) is 11.3 Å². The topological polar surface area (TPSA) is 12.9 Å². The molecule has 0 spiro atoms. The Bertz CT molecular complexity index is 286. The van der Waals surface area contributed by atoms with Gasteiger partial charge in [0.25, 0.3) is 0 Å². The highest BCUT2D eigenvalue weighted by Crippen LogP contribution is 2.23. The Morgan fingerprint density at radius 1 is 1.75 bits per heavy atom. The first-order valence-electron chi connectivity index (χ1n) is 3.60. The first-order chi connectivity index (χ1) is 5.74. The fourth-order valence-corrected chi connectivity index (χ4v) is 1.78. The van der Waals surface area contributed by atoms with Crippen LogP contribution < -0.4 is 0 Å². The molecular weight excluding hydrogens is 190 g/mol. The molecule has 1 heterocycles. The average molecular weight is 200 g/mol. The largest absolute Gasteiger partial charge is 0.244 e. The summed E-state index contributed by atoms with van der Waals surface area (Å²) < 4.78 is 0. The van der Waals surface area contributed by atoms with Gasteiger partial charge in [-0.25, -0.2) is 4.98 Å². The fourth-order valence-electron chi connectivity index (χ4n) is 0.786. The maximum absolute atomic E-state index is 5.75. The second-order valence-electron chi connectivity index (χ2n) is 2.37. The molecule has 3 heteroatoms. The predicted octanol–water partition coefficient (Wildman–Crippen LogP) is 3.32. The van der Waals surface area contributed by atoms with E-state index in [-0.39, 0.29) is 0 Å². The van der Waals surface area contributed by atoms with Crippen molar-refractivity contribution in [3.63, 3.8) is 0 Å². The van der Waals surface area contributed by atoms with Gasteiger partial charge in [0.1, 0.15) is 5.15 Å². The van der Waals surface area contributed by atoms with E-state index < -0.39 is 0 Å². The van der Waals surface area contributed by atoms with Crippen LogP contribution in [0.1, 0.15) is 5.56 Å². The normalized spacial score (nSPS) is 9.83. The molecule has 1 rings (SSSR count). The summed E-state index contributed by atoms with van der Waals surface area (Å²) >= 11 is 7.46. The van der Waals surface area contributed by atoms with E-state index in [1.165, 1.54) is 4.90 Å². The van der Waals surface area contributed by atoms with Crippen LogP contribution in [0.4, 0.5) is 0 Å². The number of aryl methyl sites for hydroxylation is 1. The minimum atomic E-state index is 0.548. The van der Waals surface area contributed by atoms with Crippen molar-refractivity contribution in [1.82, 2.24) is 4.98 Å². The van der Waals surface area contributed by atoms with Crippen molar-refractivity contribution < 1.29 is 0 Å². The van der Waals surface area contributed by atoms with Gasteiger partial charge in [-0.1, -0.05) is 17.7 Å². The zero-order valence-electron chi connectivity index (χ0n) is 6.88. The van der Waals surface area contributed by atoms with Crippen LogP contribution in [0.2, 0.25) is 5.15 Å². The molecule has 0 N–H and O–H groups in total. The molecule has 64 valence electrons. The molecular formula is C9H10ClNS. The first-order valence-corrected chi connectivity index (χ1v) is 4.96. The molecule has 0 saturated heterocycles. The van der Waals surface area contributed by atoms with Crippen LogP contribution in [0, 0.1) is 6.92 Å². The number of nitrogens with zero attached hydrogens (tertiary/aromatic N) is 1. The Hall–Kier alpha value is -0.470. The summed E-state index contributed by atoms with van der Waals surface area (Å²) in [5, 5.41) is 0.548. The van der Waals surface area contributed by atoms with Crippen molar-refractivity contribution in [2.75, 3.05) is 5.75 Å². The number of hydrogen-bond donors (Lipinski definition) is 0. The summed E-state index contributed by atoms with van der Waals surface area (Å²) in [6, 6.07) is 1.88. The van der Waals surface area contributed by atoms with Gasteiger partial charge < -0.3 is 0 Å². The van der Waals surface area contributed by atoms with E-state index in [1.54, 1.807) is 18.0 Å². The maximum atomic E-state index is 5.75. The van der Waals surface area contributed by atoms with Gasteiger partial charge in [-0.2, -0.15) is 0 Å². The van der Waals surface area contributed by atoms with Crippen LogP contribution in [-0.4, -0.2) is 10.7 Å². The third-order valence-electron chi connectivity index (χ3n) is 1.38. The molecule has 0 unspecified atom stereocenters. The minimum Gasteiger partial charge on any atom is -0.244 e. The number of hydrogen-bond acceptors (Lipinski definition) is 2. The number of rotatable bonds is 3. The van der Waals surface area contributed by atoms with E-state index in [0.29, 0.717) is 5.15 Å².